The third-order valence-electron chi connectivity index (χ3n) is 3.82. The molecule has 0 radical (unpaired) electrons. The molecule has 0 unspecified atom stereocenters. The highest BCUT2D eigenvalue weighted by Gasteiger charge is 2.17. The zero-order valence-corrected chi connectivity index (χ0v) is 13.2. The lowest BCUT2D eigenvalue weighted by Crippen LogP contribution is -2.11. The fourth-order valence-corrected chi connectivity index (χ4v) is 3.93. The number of sulfone groups is 1. The average molecular weight is 318 g/mol. The van der Waals surface area contributed by atoms with Crippen LogP contribution in [0.15, 0.2) is 47.4 Å². The lowest BCUT2D eigenvalue weighted by Gasteiger charge is -2.17. The average Bonchev–Trinajstić information content (AvgIpc) is 2.54. The van der Waals surface area contributed by atoms with Crippen molar-refractivity contribution in [3.05, 3.63) is 59.2 Å². The zero-order valence-electron chi connectivity index (χ0n) is 12.4. The summed E-state index contributed by atoms with van der Waals surface area (Å²) in [5.41, 5.74) is 3.13. The predicted octanol–water partition coefficient (Wildman–Crippen LogP) is 2.74. The summed E-state index contributed by atoms with van der Waals surface area (Å²) in [7, 11) is -1.81. The van der Waals surface area contributed by atoms with Gasteiger partial charge in [-0.3, -0.25) is 0 Å². The first kappa shape index (κ1) is 15.1. The van der Waals surface area contributed by atoms with Crippen molar-refractivity contribution in [2.24, 2.45) is 0 Å². The zero-order chi connectivity index (χ0) is 15.6. The van der Waals surface area contributed by atoms with Gasteiger partial charge < -0.3 is 9.47 Å². The lowest BCUT2D eigenvalue weighted by atomic mass is 10.0. The van der Waals surface area contributed by atoms with Crippen molar-refractivity contribution in [2.75, 3.05) is 13.7 Å². The van der Waals surface area contributed by atoms with Gasteiger partial charge in [-0.15, -0.1) is 0 Å². The normalized spacial score (nSPS) is 14.4. The minimum Gasteiger partial charge on any atom is -0.497 e. The SMILES string of the molecule is COc1ccc(S(=O)(=O)Cc2ccc3c(c2)COCC3)cc1. The van der Waals surface area contributed by atoms with Crippen molar-refractivity contribution in [3.63, 3.8) is 0 Å². The van der Waals surface area contributed by atoms with Gasteiger partial charge in [0.25, 0.3) is 0 Å². The Labute approximate surface area is 130 Å². The van der Waals surface area contributed by atoms with Gasteiger partial charge in [-0.25, -0.2) is 8.42 Å². The molecule has 0 atom stereocenters. The number of rotatable bonds is 4. The second-order valence-electron chi connectivity index (χ2n) is 5.34. The van der Waals surface area contributed by atoms with Crippen molar-refractivity contribution in [3.8, 4) is 5.75 Å². The largest absolute Gasteiger partial charge is 0.497 e. The standard InChI is InChI=1S/C17H18O4S/c1-20-16-4-6-17(7-5-16)22(18,19)12-13-2-3-14-8-9-21-11-15(14)10-13/h2-7,10H,8-9,11-12H2,1H3. The van der Waals surface area contributed by atoms with Crippen LogP contribution in [-0.2, 0) is 33.4 Å². The Morgan fingerprint density at radius 3 is 2.59 bits per heavy atom. The van der Waals surface area contributed by atoms with Crippen LogP contribution in [-0.4, -0.2) is 22.1 Å². The van der Waals surface area contributed by atoms with Crippen molar-refractivity contribution < 1.29 is 17.9 Å². The minimum atomic E-state index is -3.36. The molecule has 0 spiro atoms. The number of benzene rings is 2. The van der Waals surface area contributed by atoms with Crippen LogP contribution in [0, 0.1) is 0 Å². The highest BCUT2D eigenvalue weighted by atomic mass is 32.2. The summed E-state index contributed by atoms with van der Waals surface area (Å²) < 4.78 is 35.5. The summed E-state index contributed by atoms with van der Waals surface area (Å²) in [5.74, 6) is 0.636. The molecular formula is C17H18O4S. The summed E-state index contributed by atoms with van der Waals surface area (Å²) in [6.07, 6.45) is 0.890. The molecule has 0 aromatic heterocycles. The first-order valence-electron chi connectivity index (χ1n) is 7.14. The van der Waals surface area contributed by atoms with Crippen LogP contribution in [0.3, 0.4) is 0 Å². The van der Waals surface area contributed by atoms with E-state index in [1.54, 1.807) is 31.4 Å². The van der Waals surface area contributed by atoms with Gasteiger partial charge in [0.05, 0.1) is 31.0 Å². The Hall–Kier alpha value is -1.85. The van der Waals surface area contributed by atoms with Gasteiger partial charge in [-0.05, 0) is 47.4 Å². The summed E-state index contributed by atoms with van der Waals surface area (Å²) in [5, 5.41) is 0. The molecule has 0 N–H and O–H groups in total. The molecule has 1 aliphatic heterocycles. The summed E-state index contributed by atoms with van der Waals surface area (Å²) in [6.45, 7) is 1.29. The van der Waals surface area contributed by atoms with E-state index in [9.17, 15) is 8.42 Å². The van der Waals surface area contributed by atoms with Crippen molar-refractivity contribution in [2.45, 2.75) is 23.7 Å². The summed E-state index contributed by atoms with van der Waals surface area (Å²) in [6, 6.07) is 12.3. The van der Waals surface area contributed by atoms with Crippen molar-refractivity contribution in [1.82, 2.24) is 0 Å². The van der Waals surface area contributed by atoms with E-state index in [4.69, 9.17) is 9.47 Å². The molecule has 4 nitrogen and oxygen atoms in total. The van der Waals surface area contributed by atoms with Crippen molar-refractivity contribution in [1.29, 1.82) is 0 Å². The number of hydrogen-bond acceptors (Lipinski definition) is 4. The molecule has 1 heterocycles. The van der Waals surface area contributed by atoms with Crippen LogP contribution in [0.25, 0.3) is 0 Å². The first-order chi connectivity index (χ1) is 10.6. The van der Waals surface area contributed by atoms with E-state index in [-0.39, 0.29) is 5.75 Å². The van der Waals surface area contributed by atoms with Gasteiger partial charge in [0.2, 0.25) is 0 Å². The summed E-state index contributed by atoms with van der Waals surface area (Å²) in [4.78, 5) is 0.308. The Bertz CT molecular complexity index is 764. The fraction of sp³-hybridized carbons (Fsp3) is 0.294. The quantitative estimate of drug-likeness (QED) is 0.870. The second-order valence-corrected chi connectivity index (χ2v) is 7.33. The van der Waals surface area contributed by atoms with Gasteiger partial charge >= 0.3 is 0 Å². The van der Waals surface area contributed by atoms with Crippen LogP contribution >= 0.6 is 0 Å². The maximum Gasteiger partial charge on any atom is 0.182 e. The number of hydrogen-bond donors (Lipinski definition) is 0. The monoisotopic (exact) mass is 318 g/mol. The van der Waals surface area contributed by atoms with Crippen LogP contribution in [0.5, 0.6) is 5.75 Å². The number of ether oxygens (including phenoxy) is 2. The smallest absolute Gasteiger partial charge is 0.182 e. The van der Waals surface area contributed by atoms with E-state index in [0.717, 1.165) is 24.2 Å². The molecule has 2 aromatic carbocycles. The lowest BCUT2D eigenvalue weighted by molar-refractivity contribution is 0.110. The summed E-state index contributed by atoms with van der Waals surface area (Å²) >= 11 is 0. The molecule has 116 valence electrons. The van der Waals surface area contributed by atoms with E-state index in [2.05, 4.69) is 0 Å². The molecule has 0 amide bonds. The highest BCUT2D eigenvalue weighted by molar-refractivity contribution is 7.90. The molecule has 0 saturated heterocycles. The van der Waals surface area contributed by atoms with Crippen LogP contribution in [0.4, 0.5) is 0 Å². The van der Waals surface area contributed by atoms with Gasteiger partial charge in [0.1, 0.15) is 5.75 Å². The van der Waals surface area contributed by atoms with Gasteiger partial charge in [0.15, 0.2) is 9.84 Å². The Kier molecular flexibility index (Phi) is 4.18. The first-order valence-corrected chi connectivity index (χ1v) is 8.79. The van der Waals surface area contributed by atoms with Crippen LogP contribution in [0.1, 0.15) is 16.7 Å². The van der Waals surface area contributed by atoms with Crippen LogP contribution in [0.2, 0.25) is 0 Å². The van der Waals surface area contributed by atoms with E-state index in [1.807, 2.05) is 18.2 Å². The predicted molar refractivity (Wildman–Crippen MR) is 83.7 cm³/mol. The molecule has 2 aromatic rings. The molecule has 5 heteroatoms. The van der Waals surface area contributed by atoms with Crippen LogP contribution < -0.4 is 4.74 Å². The number of fused-ring (bicyclic) bond motifs is 1. The van der Waals surface area contributed by atoms with Gasteiger partial charge in [-0.2, -0.15) is 0 Å². The molecule has 1 aliphatic rings. The Morgan fingerprint density at radius 2 is 1.86 bits per heavy atom. The molecule has 0 saturated carbocycles. The third-order valence-corrected chi connectivity index (χ3v) is 5.52. The van der Waals surface area contributed by atoms with E-state index in [0.29, 0.717) is 17.3 Å². The maximum absolute atomic E-state index is 12.5. The van der Waals surface area contributed by atoms with E-state index < -0.39 is 9.84 Å². The van der Waals surface area contributed by atoms with E-state index in [1.165, 1.54) is 5.56 Å². The number of methoxy groups -OCH3 is 1. The van der Waals surface area contributed by atoms with Gasteiger partial charge in [-0.1, -0.05) is 18.2 Å². The van der Waals surface area contributed by atoms with E-state index >= 15 is 0 Å². The molecule has 0 aliphatic carbocycles. The molecular weight excluding hydrogens is 300 g/mol. The van der Waals surface area contributed by atoms with Gasteiger partial charge in [0, 0.05) is 0 Å². The topological polar surface area (TPSA) is 52.6 Å². The Balaban J connectivity index is 1.84. The highest BCUT2D eigenvalue weighted by Crippen LogP contribution is 2.23. The fourth-order valence-electron chi connectivity index (χ4n) is 2.60. The maximum atomic E-state index is 12.5. The molecule has 22 heavy (non-hydrogen) atoms. The molecule has 0 fully saturated rings. The third kappa shape index (κ3) is 3.15. The second kappa shape index (κ2) is 6.10. The Morgan fingerprint density at radius 1 is 1.09 bits per heavy atom. The van der Waals surface area contributed by atoms with Crippen molar-refractivity contribution >= 4 is 9.84 Å². The minimum absolute atomic E-state index is 0.00733. The molecule has 0 bridgehead atoms. The molecule has 3 rings (SSSR count).